The Hall–Kier alpha value is 3.43. The van der Waals surface area contributed by atoms with Gasteiger partial charge in [-0.25, -0.2) is 0 Å². The number of hydrogen-bond donors (Lipinski definition) is 0. The molecule has 0 saturated carbocycles. The average Bonchev–Trinajstić information content (AvgIpc) is 0. The first-order valence-electron chi connectivity index (χ1n) is 0. The van der Waals surface area contributed by atoms with Gasteiger partial charge in [0.25, 0.3) is 0 Å². The molecule has 0 saturated heterocycles. The van der Waals surface area contributed by atoms with Crippen molar-refractivity contribution in [2.75, 3.05) is 0 Å². The second-order valence-corrected chi connectivity index (χ2v) is 0. The quantitative estimate of drug-likeness (QED) is 0.270. The van der Waals surface area contributed by atoms with Gasteiger partial charge in [-0.3, -0.25) is 0 Å². The van der Waals surface area contributed by atoms with Crippen LogP contribution in [0.15, 0.2) is 0 Å². The van der Waals surface area contributed by atoms with Crippen LogP contribution in [0.1, 0.15) is 0 Å². The van der Waals surface area contributed by atoms with Crippen molar-refractivity contribution >= 4 is 0 Å². The molecule has 15 heavy (non-hydrogen) atoms. The summed E-state index contributed by atoms with van der Waals surface area (Å²) < 4.78 is 0. The summed E-state index contributed by atoms with van der Waals surface area (Å²) in [7, 11) is 0. The van der Waals surface area contributed by atoms with Crippen LogP contribution < -0.4 is 0 Å². The third kappa shape index (κ3) is 352. The van der Waals surface area contributed by atoms with E-state index in [4.69, 9.17) is 0 Å². The van der Waals surface area contributed by atoms with Gasteiger partial charge in [-0.15, -0.1) is 0 Å². The molecule has 0 aliphatic carbocycles. The monoisotopic (exact) mass is 734 g/mol. The van der Waals surface area contributed by atoms with Crippen LogP contribution in [0.2, 0.25) is 0 Å². The number of hydrogen-bond acceptors (Lipinski definition) is 0. The van der Waals surface area contributed by atoms with Gasteiger partial charge in [0.2, 0.25) is 0 Å². The van der Waals surface area contributed by atoms with Crippen molar-refractivity contribution in [3.05, 3.63) is 0 Å². The Kier molecular flexibility index (Phi) is 12700. The predicted molar refractivity (Wildman–Crippen MR) is 6.18 cm³/mol. The molecule has 0 heterocycles. The Balaban J connectivity index is 0. The van der Waals surface area contributed by atoms with Crippen molar-refractivity contribution in [1.29, 1.82) is 0 Å². The second-order valence-electron chi connectivity index (χ2n) is 0. The van der Waals surface area contributed by atoms with E-state index in [1.807, 2.05) is 0 Å². The molecule has 15 heteroatoms. The average molecular weight is 731 g/mol. The van der Waals surface area contributed by atoms with Crippen LogP contribution in [0.5, 0.6) is 0 Å². The minimum absolute atomic E-state index is 0. The van der Waals surface area contributed by atoms with Gasteiger partial charge >= 0.3 is 119 Å². The van der Waals surface area contributed by atoms with Gasteiger partial charge in [0.1, 0.15) is 0 Å². The van der Waals surface area contributed by atoms with Crippen molar-refractivity contribution in [3.63, 3.8) is 0 Å². The molecular weight excluding hydrogens is 731 g/mol. The van der Waals surface area contributed by atoms with E-state index in [1.54, 1.807) is 0 Å². The Labute approximate surface area is 166 Å². The van der Waals surface area contributed by atoms with Gasteiger partial charge in [0, 0.05) is 0 Å². The standard InChI is InChI=1S/2Co.2Fe.2Hf.9O/q2*+2;2*+3;2*+4;9*-2. The Morgan fingerprint density at radius 1 is 0.267 bits per heavy atom. The van der Waals surface area contributed by atoms with Crippen LogP contribution in [-0.2, 0) is 169 Å². The third-order valence-electron chi connectivity index (χ3n) is 0. The van der Waals surface area contributed by atoms with Gasteiger partial charge in [-0.1, -0.05) is 0 Å². The van der Waals surface area contributed by atoms with Gasteiger partial charge in [0.05, 0.1) is 0 Å². The van der Waals surface area contributed by atoms with E-state index in [2.05, 4.69) is 0 Å². The fourth-order valence-corrected chi connectivity index (χ4v) is 0. The fourth-order valence-electron chi connectivity index (χ4n) is 0. The zero-order valence-electron chi connectivity index (χ0n) is 6.05. The molecule has 0 aromatic rings. The summed E-state index contributed by atoms with van der Waals surface area (Å²) in [6, 6.07) is 0. The SMILES string of the molecule is [Co+2].[Co+2].[Fe+3].[Fe+3].[Hf+4].[Hf+4].[O-2].[O-2].[O-2].[O-2].[O-2].[O-2].[O-2].[O-2].[O-2]. The van der Waals surface area contributed by atoms with E-state index in [0.29, 0.717) is 0 Å². The van der Waals surface area contributed by atoms with Gasteiger partial charge in [0.15, 0.2) is 0 Å². The molecule has 0 aliphatic heterocycles. The Morgan fingerprint density at radius 2 is 0.267 bits per heavy atom. The zero-order chi connectivity index (χ0) is 0. The minimum atomic E-state index is 0. The molecule has 0 aromatic carbocycles. The first kappa shape index (κ1) is 475. The van der Waals surface area contributed by atoms with Crippen molar-refractivity contribution in [1.82, 2.24) is 0 Å². The molecule has 0 spiro atoms. The molecule has 0 fully saturated rings. The van der Waals surface area contributed by atoms with E-state index < -0.39 is 0 Å². The van der Waals surface area contributed by atoms with Crippen LogP contribution in [0, 0.1) is 0 Å². The Bertz CT molecular complexity index is 24.1. The second kappa shape index (κ2) is 400. The van der Waals surface area contributed by atoms with Crippen molar-refractivity contribution in [3.8, 4) is 0 Å². The summed E-state index contributed by atoms with van der Waals surface area (Å²) in [5.74, 6) is 0. The minimum Gasteiger partial charge on any atom is -2.00 e. The molecule has 4 radical (unpaired) electrons. The number of rotatable bonds is 0. The molecule has 0 aliphatic rings. The van der Waals surface area contributed by atoms with Gasteiger partial charge in [-0.05, 0) is 0 Å². The maximum Gasteiger partial charge on any atom is 4.00 e. The summed E-state index contributed by atoms with van der Waals surface area (Å²) in [4.78, 5) is 0. The van der Waals surface area contributed by atoms with E-state index in [1.165, 1.54) is 0 Å². The molecule has 0 atom stereocenters. The topological polar surface area (TPSA) is 256 Å². The first-order chi connectivity index (χ1) is 0. The normalized spacial score (nSPS) is 0. The maximum absolute atomic E-state index is 0. The zero-order valence-corrected chi connectivity index (χ0v) is 17.5. The van der Waals surface area contributed by atoms with Crippen molar-refractivity contribution in [2.45, 2.75) is 0 Å². The summed E-state index contributed by atoms with van der Waals surface area (Å²) in [5.41, 5.74) is 0. The molecule has 96 valence electrons. The molecule has 0 aromatic heterocycles. The summed E-state index contributed by atoms with van der Waals surface area (Å²) >= 11 is 0. The first-order valence-corrected chi connectivity index (χ1v) is 0. The van der Waals surface area contributed by atoms with Crippen LogP contribution in [0.4, 0.5) is 0 Å². The maximum atomic E-state index is 0. The summed E-state index contributed by atoms with van der Waals surface area (Å²) in [5, 5.41) is 0. The molecule has 0 unspecified atom stereocenters. The molecule has 0 amide bonds. The van der Waals surface area contributed by atoms with Crippen LogP contribution in [0.25, 0.3) is 0 Å². The summed E-state index contributed by atoms with van der Waals surface area (Å²) in [6.45, 7) is 0. The van der Waals surface area contributed by atoms with E-state index in [-0.39, 0.29) is 169 Å². The van der Waals surface area contributed by atoms with E-state index >= 15 is 0 Å². The molecular formula is Co2Fe2Hf2O9. The molecule has 0 bridgehead atoms. The van der Waals surface area contributed by atoms with Gasteiger partial charge < -0.3 is 49.3 Å². The van der Waals surface area contributed by atoms with Crippen LogP contribution in [0.3, 0.4) is 0 Å². The molecule has 0 rings (SSSR count). The van der Waals surface area contributed by atoms with Crippen molar-refractivity contribution < 1.29 is 169 Å². The van der Waals surface area contributed by atoms with Gasteiger partial charge in [-0.2, -0.15) is 0 Å². The van der Waals surface area contributed by atoms with Crippen LogP contribution in [-0.4, -0.2) is 0 Å². The predicted octanol–water partition coefficient (Wildman–Crippen LogP) is -1.08. The van der Waals surface area contributed by atoms with E-state index in [0.717, 1.165) is 0 Å². The summed E-state index contributed by atoms with van der Waals surface area (Å²) in [6.07, 6.45) is 0. The van der Waals surface area contributed by atoms with Crippen LogP contribution >= 0.6 is 0 Å². The molecule has 0 N–H and O–H groups in total. The Morgan fingerprint density at radius 3 is 0.267 bits per heavy atom. The van der Waals surface area contributed by atoms with Crippen molar-refractivity contribution in [2.24, 2.45) is 0 Å². The smallest absolute Gasteiger partial charge is 2.00 e. The third-order valence-corrected chi connectivity index (χ3v) is 0. The largest absolute Gasteiger partial charge is 4.00 e. The van der Waals surface area contributed by atoms with E-state index in [9.17, 15) is 0 Å². The fraction of sp³-hybridized carbons (Fsp3) is 0. The molecule has 9 nitrogen and oxygen atoms in total.